The van der Waals surface area contributed by atoms with Gasteiger partial charge in [0.1, 0.15) is 9.90 Å². The van der Waals surface area contributed by atoms with E-state index in [1.807, 2.05) is 0 Å². The van der Waals surface area contributed by atoms with Crippen LogP contribution in [-0.4, -0.2) is 26.0 Å². The third-order valence-electron chi connectivity index (χ3n) is 2.45. The molecular weight excluding hydrogens is 316 g/mol. The van der Waals surface area contributed by atoms with Crippen LogP contribution in [0.25, 0.3) is 0 Å². The number of carbonyl (C=O) groups excluding carboxylic acids is 1. The molecule has 0 aliphatic carbocycles. The second kappa shape index (κ2) is 6.10. The molecule has 0 aliphatic heterocycles. The molecule has 2 N–H and O–H groups in total. The summed E-state index contributed by atoms with van der Waals surface area (Å²) in [6.45, 7) is 1.86. The molecule has 0 radical (unpaired) electrons. The molecule has 2 aromatic rings. The van der Waals surface area contributed by atoms with Gasteiger partial charge >= 0.3 is 5.97 Å². The number of hydrogen-bond donors (Lipinski definition) is 2. The number of nitrogens with one attached hydrogen (secondary N) is 2. The Morgan fingerprint density at radius 2 is 2.14 bits per heavy atom. The van der Waals surface area contributed by atoms with Crippen LogP contribution in [0.2, 0.25) is 0 Å². The SMILES string of the molecule is CCOC(=O)c1ccsc1NS(=O)(=O)c1ccc(=O)[nH]c1. The summed E-state index contributed by atoms with van der Waals surface area (Å²) >= 11 is 1.07. The van der Waals surface area contributed by atoms with Crippen molar-refractivity contribution in [1.29, 1.82) is 0 Å². The Labute approximate surface area is 124 Å². The van der Waals surface area contributed by atoms with Crippen molar-refractivity contribution in [3.8, 4) is 0 Å². The van der Waals surface area contributed by atoms with Gasteiger partial charge in [-0.1, -0.05) is 0 Å². The molecule has 2 rings (SSSR count). The van der Waals surface area contributed by atoms with Crippen LogP contribution in [0.5, 0.6) is 0 Å². The van der Waals surface area contributed by atoms with Crippen molar-refractivity contribution < 1.29 is 17.9 Å². The van der Waals surface area contributed by atoms with Crippen molar-refractivity contribution in [1.82, 2.24) is 4.98 Å². The van der Waals surface area contributed by atoms with Gasteiger partial charge in [-0.3, -0.25) is 9.52 Å². The van der Waals surface area contributed by atoms with Crippen LogP contribution in [0.1, 0.15) is 17.3 Å². The van der Waals surface area contributed by atoms with Gasteiger partial charge in [-0.15, -0.1) is 11.3 Å². The number of aromatic amines is 1. The summed E-state index contributed by atoms with van der Waals surface area (Å²) < 4.78 is 31.5. The maximum Gasteiger partial charge on any atom is 0.341 e. The molecule has 0 bridgehead atoms. The molecule has 2 heterocycles. The van der Waals surface area contributed by atoms with E-state index in [4.69, 9.17) is 4.74 Å². The summed E-state index contributed by atoms with van der Waals surface area (Å²) in [4.78, 5) is 24.8. The first-order valence-electron chi connectivity index (χ1n) is 5.90. The quantitative estimate of drug-likeness (QED) is 0.807. The number of aromatic nitrogens is 1. The fraction of sp³-hybridized carbons (Fsp3) is 0.167. The maximum absolute atomic E-state index is 12.2. The fourth-order valence-electron chi connectivity index (χ4n) is 1.50. The molecular formula is C12H12N2O5S2. The van der Waals surface area contributed by atoms with E-state index in [0.29, 0.717) is 0 Å². The van der Waals surface area contributed by atoms with E-state index in [9.17, 15) is 18.0 Å². The Bertz CT molecular complexity index is 787. The minimum absolute atomic E-state index is 0.106. The molecule has 0 amide bonds. The lowest BCUT2D eigenvalue weighted by Gasteiger charge is -2.08. The van der Waals surface area contributed by atoms with Crippen LogP contribution in [0.4, 0.5) is 5.00 Å². The Hall–Kier alpha value is -2.13. The van der Waals surface area contributed by atoms with Crippen LogP contribution in [0, 0.1) is 0 Å². The average Bonchev–Trinajstić information content (AvgIpc) is 2.87. The third-order valence-corrected chi connectivity index (χ3v) is 4.76. The molecule has 7 nitrogen and oxygen atoms in total. The number of ether oxygens (including phenoxy) is 1. The maximum atomic E-state index is 12.2. The number of rotatable bonds is 5. The highest BCUT2D eigenvalue weighted by Gasteiger charge is 2.20. The number of sulfonamides is 1. The van der Waals surface area contributed by atoms with E-state index in [0.717, 1.165) is 23.6 Å². The zero-order chi connectivity index (χ0) is 15.5. The Balaban J connectivity index is 2.29. The zero-order valence-corrected chi connectivity index (χ0v) is 12.6. The van der Waals surface area contributed by atoms with E-state index < -0.39 is 21.6 Å². The fourth-order valence-corrected chi connectivity index (χ4v) is 3.58. The van der Waals surface area contributed by atoms with Gasteiger partial charge in [0.15, 0.2) is 0 Å². The monoisotopic (exact) mass is 328 g/mol. The second-order valence-electron chi connectivity index (χ2n) is 3.88. The molecule has 2 aromatic heterocycles. The van der Waals surface area contributed by atoms with Crippen molar-refractivity contribution in [2.75, 3.05) is 11.3 Å². The van der Waals surface area contributed by atoms with E-state index in [2.05, 4.69) is 9.71 Å². The normalized spacial score (nSPS) is 11.1. The largest absolute Gasteiger partial charge is 0.462 e. The Morgan fingerprint density at radius 1 is 1.38 bits per heavy atom. The molecule has 21 heavy (non-hydrogen) atoms. The van der Waals surface area contributed by atoms with E-state index in [-0.39, 0.29) is 22.1 Å². The average molecular weight is 328 g/mol. The summed E-state index contributed by atoms with van der Waals surface area (Å²) in [7, 11) is -3.89. The summed E-state index contributed by atoms with van der Waals surface area (Å²) in [6.07, 6.45) is 1.09. The minimum atomic E-state index is -3.89. The summed E-state index contributed by atoms with van der Waals surface area (Å²) in [5.41, 5.74) is -0.257. The number of thiophene rings is 1. The first kappa shape index (κ1) is 15.3. The molecule has 0 atom stereocenters. The molecule has 112 valence electrons. The number of pyridine rings is 1. The summed E-state index contributed by atoms with van der Waals surface area (Å²) in [5, 5.41) is 1.75. The van der Waals surface area contributed by atoms with Crippen LogP contribution < -0.4 is 10.3 Å². The molecule has 0 fully saturated rings. The van der Waals surface area contributed by atoms with Gasteiger partial charge in [0, 0.05) is 12.3 Å². The number of hydrogen-bond acceptors (Lipinski definition) is 6. The lowest BCUT2D eigenvalue weighted by molar-refractivity contribution is 0.0528. The molecule has 0 unspecified atom stereocenters. The molecule has 0 aromatic carbocycles. The topological polar surface area (TPSA) is 105 Å². The van der Waals surface area contributed by atoms with Crippen molar-refractivity contribution >= 4 is 32.3 Å². The Morgan fingerprint density at radius 3 is 2.76 bits per heavy atom. The van der Waals surface area contributed by atoms with Crippen LogP contribution in [-0.2, 0) is 14.8 Å². The summed E-state index contributed by atoms with van der Waals surface area (Å²) in [6, 6.07) is 3.77. The van der Waals surface area contributed by atoms with Crippen molar-refractivity contribution in [3.05, 3.63) is 45.7 Å². The van der Waals surface area contributed by atoms with Crippen molar-refractivity contribution in [2.45, 2.75) is 11.8 Å². The van der Waals surface area contributed by atoms with Crippen LogP contribution in [0.15, 0.2) is 39.5 Å². The lowest BCUT2D eigenvalue weighted by Crippen LogP contribution is -2.16. The van der Waals surface area contributed by atoms with E-state index in [1.54, 1.807) is 12.3 Å². The molecule has 9 heteroatoms. The van der Waals surface area contributed by atoms with Crippen LogP contribution >= 0.6 is 11.3 Å². The zero-order valence-electron chi connectivity index (χ0n) is 11.0. The second-order valence-corrected chi connectivity index (χ2v) is 6.48. The molecule has 0 aliphatic rings. The lowest BCUT2D eigenvalue weighted by atomic mass is 10.3. The third kappa shape index (κ3) is 3.50. The van der Waals surface area contributed by atoms with Gasteiger partial charge in [-0.25, -0.2) is 13.2 Å². The summed E-state index contributed by atoms with van der Waals surface area (Å²) in [5.74, 6) is -0.599. The van der Waals surface area contributed by atoms with Gasteiger partial charge < -0.3 is 9.72 Å². The predicted octanol–water partition coefficient (Wildman–Crippen LogP) is 1.41. The van der Waals surface area contributed by atoms with E-state index >= 15 is 0 Å². The van der Waals surface area contributed by atoms with E-state index in [1.165, 1.54) is 12.1 Å². The molecule has 0 saturated carbocycles. The number of carbonyl (C=O) groups is 1. The predicted molar refractivity (Wildman–Crippen MR) is 78.1 cm³/mol. The van der Waals surface area contributed by atoms with Gasteiger partial charge in [0.2, 0.25) is 5.56 Å². The highest BCUT2D eigenvalue weighted by Crippen LogP contribution is 2.26. The minimum Gasteiger partial charge on any atom is -0.462 e. The number of H-pyrrole nitrogens is 1. The van der Waals surface area contributed by atoms with Gasteiger partial charge in [0.05, 0.1) is 12.2 Å². The standard InChI is InChI=1S/C12H12N2O5S2/c1-2-19-12(16)9-5-6-20-11(9)14-21(17,18)8-3-4-10(15)13-7-8/h3-7,14H,2H2,1H3,(H,13,15). The highest BCUT2D eigenvalue weighted by atomic mass is 32.2. The molecule has 0 spiro atoms. The number of esters is 1. The smallest absolute Gasteiger partial charge is 0.341 e. The van der Waals surface area contributed by atoms with Gasteiger partial charge in [0.25, 0.3) is 10.0 Å². The first-order valence-corrected chi connectivity index (χ1v) is 8.26. The highest BCUT2D eigenvalue weighted by molar-refractivity contribution is 7.93. The van der Waals surface area contributed by atoms with Crippen LogP contribution in [0.3, 0.4) is 0 Å². The molecule has 0 saturated heterocycles. The van der Waals surface area contributed by atoms with Gasteiger partial charge in [-0.2, -0.15) is 0 Å². The Kier molecular flexibility index (Phi) is 4.43. The van der Waals surface area contributed by atoms with Crippen molar-refractivity contribution in [2.24, 2.45) is 0 Å². The van der Waals surface area contributed by atoms with Gasteiger partial charge in [-0.05, 0) is 24.4 Å². The first-order chi connectivity index (χ1) is 9.94. The van der Waals surface area contributed by atoms with Crippen molar-refractivity contribution in [3.63, 3.8) is 0 Å². The number of anilines is 1.